The molecule has 2 aromatic rings. The van der Waals surface area contributed by atoms with Crippen molar-refractivity contribution < 1.29 is 27.4 Å². The molecule has 0 amide bonds. The van der Waals surface area contributed by atoms with E-state index in [-0.39, 0.29) is 23.7 Å². The van der Waals surface area contributed by atoms with Crippen LogP contribution in [-0.2, 0) is 19.6 Å². The fourth-order valence-electron chi connectivity index (χ4n) is 2.96. The molecule has 1 aliphatic heterocycles. The Kier molecular flexibility index (Phi) is 7.14. The molecule has 1 aliphatic rings. The molecule has 0 atom stereocenters. The van der Waals surface area contributed by atoms with E-state index in [0.29, 0.717) is 29.5 Å². The van der Waals surface area contributed by atoms with Crippen LogP contribution in [-0.4, -0.2) is 52.1 Å². The van der Waals surface area contributed by atoms with Gasteiger partial charge in [-0.2, -0.15) is 4.31 Å². The van der Waals surface area contributed by atoms with E-state index >= 15 is 0 Å². The molecule has 7 nitrogen and oxygen atoms in total. The normalized spacial score (nSPS) is 15.3. The Morgan fingerprint density at radius 1 is 1.13 bits per heavy atom. The summed E-state index contributed by atoms with van der Waals surface area (Å²) in [6.45, 7) is 3.02. The van der Waals surface area contributed by atoms with Gasteiger partial charge in [0.2, 0.25) is 10.0 Å². The smallest absolute Gasteiger partial charge is 0.336 e. The van der Waals surface area contributed by atoms with Gasteiger partial charge in [-0.15, -0.1) is 0 Å². The molecule has 0 aromatic heterocycles. The lowest BCUT2D eigenvalue weighted by Crippen LogP contribution is -2.40. The molecule has 0 N–H and O–H groups in total. The van der Waals surface area contributed by atoms with Crippen molar-refractivity contribution in [3.05, 3.63) is 58.6 Å². The molecule has 30 heavy (non-hydrogen) atoms. The van der Waals surface area contributed by atoms with Crippen molar-refractivity contribution in [1.82, 2.24) is 4.31 Å². The number of nitrogens with zero attached hydrogens (tertiary/aromatic N) is 1. The van der Waals surface area contributed by atoms with E-state index in [4.69, 9.17) is 25.8 Å². The van der Waals surface area contributed by atoms with Crippen molar-refractivity contribution in [2.24, 2.45) is 0 Å². The van der Waals surface area contributed by atoms with Crippen LogP contribution in [0.5, 0.6) is 11.5 Å². The highest BCUT2D eigenvalue weighted by Crippen LogP contribution is 2.29. The van der Waals surface area contributed by atoms with Crippen LogP contribution >= 0.6 is 11.6 Å². The number of methoxy groups -OCH3 is 1. The third-order valence-electron chi connectivity index (χ3n) is 4.53. The van der Waals surface area contributed by atoms with Crippen LogP contribution in [0.3, 0.4) is 0 Å². The zero-order chi connectivity index (χ0) is 21.7. The zero-order valence-corrected chi connectivity index (χ0v) is 18.2. The van der Waals surface area contributed by atoms with Gasteiger partial charge in [0.25, 0.3) is 0 Å². The summed E-state index contributed by atoms with van der Waals surface area (Å²) >= 11 is 5.90. The number of ether oxygens (including phenoxy) is 3. The van der Waals surface area contributed by atoms with E-state index < -0.39 is 16.0 Å². The lowest BCUT2D eigenvalue weighted by Gasteiger charge is -2.26. The first-order valence-corrected chi connectivity index (χ1v) is 11.0. The summed E-state index contributed by atoms with van der Waals surface area (Å²) < 4.78 is 43.2. The van der Waals surface area contributed by atoms with Crippen LogP contribution in [0.15, 0.2) is 47.4 Å². The summed E-state index contributed by atoms with van der Waals surface area (Å²) in [7, 11) is -2.35. The van der Waals surface area contributed by atoms with Crippen molar-refractivity contribution in [1.29, 1.82) is 0 Å². The number of sulfonamides is 1. The monoisotopic (exact) mass is 451 g/mol. The molecule has 1 fully saturated rings. The summed E-state index contributed by atoms with van der Waals surface area (Å²) in [5.41, 5.74) is 1.25. The molecule has 160 valence electrons. The first-order chi connectivity index (χ1) is 14.3. The standard InChI is InChI=1S/C21H22ClNO6S/c1-15-13-17(22)5-7-18(15)29-21(24)8-4-16-3-6-19(27-2)20(14-16)30(25,26)23-9-11-28-12-10-23/h3-8,13-14H,9-12H2,1-2H3/b8-4+. The van der Waals surface area contributed by atoms with Crippen molar-refractivity contribution >= 4 is 33.7 Å². The van der Waals surface area contributed by atoms with Gasteiger partial charge < -0.3 is 14.2 Å². The first kappa shape index (κ1) is 22.3. The van der Waals surface area contributed by atoms with Gasteiger partial charge in [0.1, 0.15) is 16.4 Å². The molecule has 0 saturated carbocycles. The molecule has 1 saturated heterocycles. The summed E-state index contributed by atoms with van der Waals surface area (Å²) in [5.74, 6) is 0.0474. The number of morpholine rings is 1. The van der Waals surface area contributed by atoms with Gasteiger partial charge >= 0.3 is 5.97 Å². The maximum atomic E-state index is 13.0. The van der Waals surface area contributed by atoms with Crippen LogP contribution in [0.25, 0.3) is 6.08 Å². The molecule has 0 aliphatic carbocycles. The number of carbonyl (C=O) groups excluding carboxylic acids is 1. The molecule has 9 heteroatoms. The molecule has 2 aromatic carbocycles. The number of esters is 1. The Hall–Kier alpha value is -2.39. The maximum absolute atomic E-state index is 13.0. The fourth-order valence-corrected chi connectivity index (χ4v) is 4.78. The number of carbonyl (C=O) groups is 1. The van der Waals surface area contributed by atoms with Gasteiger partial charge in [-0.25, -0.2) is 13.2 Å². The van der Waals surface area contributed by atoms with E-state index in [1.165, 1.54) is 29.6 Å². The molecule has 3 rings (SSSR count). The minimum atomic E-state index is -3.76. The Balaban J connectivity index is 1.81. The van der Waals surface area contributed by atoms with Crippen LogP contribution in [0.2, 0.25) is 5.02 Å². The average molecular weight is 452 g/mol. The fraction of sp³-hybridized carbons (Fsp3) is 0.286. The Bertz CT molecular complexity index is 1060. The minimum absolute atomic E-state index is 0.0379. The van der Waals surface area contributed by atoms with E-state index in [2.05, 4.69) is 0 Å². The number of hydrogen-bond donors (Lipinski definition) is 0. The lowest BCUT2D eigenvalue weighted by molar-refractivity contribution is -0.128. The predicted molar refractivity (Wildman–Crippen MR) is 113 cm³/mol. The van der Waals surface area contributed by atoms with Gasteiger partial charge in [0.05, 0.1) is 20.3 Å². The molecule has 1 heterocycles. The topological polar surface area (TPSA) is 82.1 Å². The van der Waals surface area contributed by atoms with Crippen molar-refractivity contribution in [3.8, 4) is 11.5 Å². The molecule has 0 unspecified atom stereocenters. The zero-order valence-electron chi connectivity index (χ0n) is 16.6. The maximum Gasteiger partial charge on any atom is 0.336 e. The van der Waals surface area contributed by atoms with Crippen LogP contribution in [0, 0.1) is 6.92 Å². The van der Waals surface area contributed by atoms with Gasteiger partial charge in [-0.3, -0.25) is 0 Å². The van der Waals surface area contributed by atoms with Gasteiger partial charge in [0, 0.05) is 24.2 Å². The third kappa shape index (κ3) is 5.20. The Morgan fingerprint density at radius 3 is 2.50 bits per heavy atom. The lowest BCUT2D eigenvalue weighted by atomic mass is 10.2. The van der Waals surface area contributed by atoms with E-state index in [0.717, 1.165) is 5.56 Å². The second-order valence-electron chi connectivity index (χ2n) is 6.59. The highest BCUT2D eigenvalue weighted by atomic mass is 35.5. The van der Waals surface area contributed by atoms with Gasteiger partial charge in [-0.05, 0) is 54.5 Å². The number of hydrogen-bond acceptors (Lipinski definition) is 6. The van der Waals surface area contributed by atoms with Crippen molar-refractivity contribution in [2.75, 3.05) is 33.4 Å². The first-order valence-electron chi connectivity index (χ1n) is 9.23. The molecule has 0 spiro atoms. The van der Waals surface area contributed by atoms with Crippen LogP contribution in [0.4, 0.5) is 0 Å². The van der Waals surface area contributed by atoms with Crippen molar-refractivity contribution in [2.45, 2.75) is 11.8 Å². The third-order valence-corrected chi connectivity index (χ3v) is 6.69. The number of benzene rings is 2. The molecule has 0 bridgehead atoms. The van der Waals surface area contributed by atoms with E-state index in [9.17, 15) is 13.2 Å². The van der Waals surface area contributed by atoms with Gasteiger partial charge in [0.15, 0.2) is 0 Å². The Morgan fingerprint density at radius 2 is 1.83 bits per heavy atom. The second-order valence-corrected chi connectivity index (χ2v) is 8.93. The largest absolute Gasteiger partial charge is 0.495 e. The van der Waals surface area contributed by atoms with E-state index in [1.54, 1.807) is 37.3 Å². The van der Waals surface area contributed by atoms with Crippen molar-refractivity contribution in [3.63, 3.8) is 0 Å². The van der Waals surface area contributed by atoms with Crippen LogP contribution in [0.1, 0.15) is 11.1 Å². The van der Waals surface area contributed by atoms with Crippen LogP contribution < -0.4 is 9.47 Å². The van der Waals surface area contributed by atoms with E-state index in [1.807, 2.05) is 0 Å². The molecule has 0 radical (unpaired) electrons. The number of halogens is 1. The predicted octanol–water partition coefficient (Wildman–Crippen LogP) is 3.30. The van der Waals surface area contributed by atoms with Gasteiger partial charge in [-0.1, -0.05) is 17.7 Å². The number of aryl methyl sites for hydroxylation is 1. The molecular weight excluding hydrogens is 430 g/mol. The average Bonchev–Trinajstić information content (AvgIpc) is 2.74. The quantitative estimate of drug-likeness (QED) is 0.381. The summed E-state index contributed by atoms with van der Waals surface area (Å²) in [6.07, 6.45) is 2.73. The second kappa shape index (κ2) is 9.61. The highest BCUT2D eigenvalue weighted by Gasteiger charge is 2.29. The highest BCUT2D eigenvalue weighted by molar-refractivity contribution is 7.89. The summed E-state index contributed by atoms with van der Waals surface area (Å²) in [4.78, 5) is 12.2. The summed E-state index contributed by atoms with van der Waals surface area (Å²) in [5, 5.41) is 0.551. The summed E-state index contributed by atoms with van der Waals surface area (Å²) in [6, 6.07) is 9.63. The SMILES string of the molecule is COc1ccc(/C=C/C(=O)Oc2ccc(Cl)cc2C)cc1S(=O)(=O)N1CCOCC1. The Labute approximate surface area is 180 Å². The number of rotatable bonds is 6. The molecular formula is C21H22ClNO6S. The minimum Gasteiger partial charge on any atom is -0.495 e.